The number of halogens is 3. The highest BCUT2D eigenvalue weighted by Crippen LogP contribution is 2.26. The van der Waals surface area contributed by atoms with Gasteiger partial charge in [-0.25, -0.2) is 4.39 Å². The number of nitrogens with zero attached hydrogens (tertiary/aromatic N) is 1. The summed E-state index contributed by atoms with van der Waals surface area (Å²) in [5.74, 6) is -0.632. The molecule has 0 saturated heterocycles. The SMILES string of the molecule is O=C(COc1ccc(C=Nc2ccccc2I)cc1Cl)Nc1ccccc1F. The molecule has 0 spiro atoms. The molecular weight excluding hydrogens is 494 g/mol. The third kappa shape index (κ3) is 5.53. The lowest BCUT2D eigenvalue weighted by Gasteiger charge is -2.09. The fraction of sp³-hybridized carbons (Fsp3) is 0.0476. The van der Waals surface area contributed by atoms with Crippen LogP contribution >= 0.6 is 34.2 Å². The lowest BCUT2D eigenvalue weighted by molar-refractivity contribution is -0.118. The largest absolute Gasteiger partial charge is 0.482 e. The summed E-state index contributed by atoms with van der Waals surface area (Å²) in [5.41, 5.74) is 1.77. The fourth-order valence-corrected chi connectivity index (χ4v) is 3.08. The Labute approximate surface area is 180 Å². The first kappa shape index (κ1) is 20.3. The third-order valence-corrected chi connectivity index (χ3v) is 4.88. The molecule has 0 aliphatic rings. The van der Waals surface area contributed by atoms with Gasteiger partial charge in [0.2, 0.25) is 0 Å². The van der Waals surface area contributed by atoms with Crippen molar-refractivity contribution in [2.24, 2.45) is 4.99 Å². The van der Waals surface area contributed by atoms with E-state index in [1.807, 2.05) is 24.3 Å². The van der Waals surface area contributed by atoms with Gasteiger partial charge in [-0.1, -0.05) is 35.9 Å². The van der Waals surface area contributed by atoms with Crippen molar-refractivity contribution in [3.8, 4) is 5.75 Å². The van der Waals surface area contributed by atoms with Crippen LogP contribution in [0, 0.1) is 9.39 Å². The Balaban J connectivity index is 1.60. The summed E-state index contributed by atoms with van der Waals surface area (Å²) in [6.07, 6.45) is 1.71. The van der Waals surface area contributed by atoms with Crippen LogP contribution in [0.5, 0.6) is 5.75 Å². The lowest BCUT2D eigenvalue weighted by atomic mass is 10.2. The maximum atomic E-state index is 13.6. The van der Waals surface area contributed by atoms with E-state index in [1.54, 1.807) is 36.5 Å². The number of carbonyl (C=O) groups excluding carboxylic acids is 1. The van der Waals surface area contributed by atoms with E-state index in [-0.39, 0.29) is 12.3 Å². The fourth-order valence-electron chi connectivity index (χ4n) is 2.31. The number of amides is 1. The molecule has 0 bridgehead atoms. The minimum absolute atomic E-state index is 0.101. The zero-order valence-electron chi connectivity index (χ0n) is 14.5. The number of ether oxygens (including phenoxy) is 1. The van der Waals surface area contributed by atoms with Gasteiger partial charge >= 0.3 is 0 Å². The molecule has 0 aliphatic carbocycles. The molecule has 3 rings (SSSR count). The summed E-state index contributed by atoms with van der Waals surface area (Å²) >= 11 is 8.45. The average molecular weight is 509 g/mol. The molecule has 3 aromatic rings. The van der Waals surface area contributed by atoms with Crippen molar-refractivity contribution in [2.75, 3.05) is 11.9 Å². The van der Waals surface area contributed by atoms with Gasteiger partial charge in [0.15, 0.2) is 6.61 Å². The van der Waals surface area contributed by atoms with Crippen molar-refractivity contribution in [1.29, 1.82) is 0 Å². The summed E-state index contributed by atoms with van der Waals surface area (Å²) in [7, 11) is 0. The van der Waals surface area contributed by atoms with E-state index >= 15 is 0 Å². The van der Waals surface area contributed by atoms with E-state index in [9.17, 15) is 9.18 Å². The van der Waals surface area contributed by atoms with E-state index in [0.717, 1.165) is 14.8 Å². The molecule has 0 aliphatic heterocycles. The maximum Gasteiger partial charge on any atom is 0.262 e. The van der Waals surface area contributed by atoms with Crippen molar-refractivity contribution in [1.82, 2.24) is 0 Å². The monoisotopic (exact) mass is 508 g/mol. The summed E-state index contributed by atoms with van der Waals surface area (Å²) in [6.45, 7) is -0.288. The quantitative estimate of drug-likeness (QED) is 0.335. The van der Waals surface area contributed by atoms with Crippen LogP contribution in [0.3, 0.4) is 0 Å². The maximum absolute atomic E-state index is 13.6. The molecule has 142 valence electrons. The molecular formula is C21H15ClFIN2O2. The summed E-state index contributed by atoms with van der Waals surface area (Å²) < 4.78 is 20.0. The van der Waals surface area contributed by atoms with E-state index in [1.165, 1.54) is 12.1 Å². The van der Waals surface area contributed by atoms with Gasteiger partial charge in [-0.05, 0) is 70.6 Å². The summed E-state index contributed by atoms with van der Waals surface area (Å²) in [6, 6.07) is 18.8. The van der Waals surface area contributed by atoms with Gasteiger partial charge in [-0.3, -0.25) is 9.79 Å². The van der Waals surface area contributed by atoms with Gasteiger partial charge in [-0.15, -0.1) is 0 Å². The number of carbonyl (C=O) groups is 1. The molecule has 4 nitrogen and oxygen atoms in total. The zero-order chi connectivity index (χ0) is 19.9. The highest BCUT2D eigenvalue weighted by atomic mass is 127. The van der Waals surface area contributed by atoms with Crippen LogP contribution < -0.4 is 10.1 Å². The van der Waals surface area contributed by atoms with Crippen LogP contribution in [-0.2, 0) is 4.79 Å². The first-order valence-corrected chi connectivity index (χ1v) is 9.74. The second-order valence-electron chi connectivity index (χ2n) is 5.72. The van der Waals surface area contributed by atoms with Crippen molar-refractivity contribution < 1.29 is 13.9 Å². The van der Waals surface area contributed by atoms with Gasteiger partial charge in [0.25, 0.3) is 5.91 Å². The number of hydrogen-bond donors (Lipinski definition) is 1. The number of benzene rings is 3. The van der Waals surface area contributed by atoms with Gasteiger partial charge in [0.1, 0.15) is 11.6 Å². The summed E-state index contributed by atoms with van der Waals surface area (Å²) in [5, 5.41) is 2.80. The minimum Gasteiger partial charge on any atom is -0.482 e. The highest BCUT2D eigenvalue weighted by Gasteiger charge is 2.09. The lowest BCUT2D eigenvalue weighted by Crippen LogP contribution is -2.20. The first-order valence-electron chi connectivity index (χ1n) is 8.28. The standard InChI is InChI=1S/C21H15ClFIN2O2/c22-15-11-14(12-25-19-8-4-2-6-17(19)24)9-10-20(15)28-13-21(27)26-18-7-3-1-5-16(18)23/h1-12H,13H2,(H,26,27). The minimum atomic E-state index is -0.509. The van der Waals surface area contributed by atoms with E-state index in [0.29, 0.717) is 10.8 Å². The Bertz CT molecular complexity index is 1030. The average Bonchev–Trinajstić information content (AvgIpc) is 2.68. The van der Waals surface area contributed by atoms with Crippen LogP contribution in [-0.4, -0.2) is 18.7 Å². The van der Waals surface area contributed by atoms with Crippen LogP contribution in [0.1, 0.15) is 5.56 Å². The molecule has 3 aromatic carbocycles. The Hall–Kier alpha value is -2.45. The van der Waals surface area contributed by atoms with Crippen molar-refractivity contribution in [2.45, 2.75) is 0 Å². The Morgan fingerprint density at radius 2 is 1.89 bits per heavy atom. The molecule has 0 radical (unpaired) electrons. The molecule has 7 heteroatoms. The topological polar surface area (TPSA) is 50.7 Å². The molecule has 0 aromatic heterocycles. The number of para-hydroxylation sites is 2. The molecule has 0 atom stereocenters. The van der Waals surface area contributed by atoms with Gasteiger partial charge in [0, 0.05) is 9.78 Å². The van der Waals surface area contributed by atoms with Crippen LogP contribution in [0.15, 0.2) is 71.7 Å². The van der Waals surface area contributed by atoms with Crippen molar-refractivity contribution in [3.05, 3.63) is 86.7 Å². The van der Waals surface area contributed by atoms with Gasteiger partial charge in [0.05, 0.1) is 16.4 Å². The van der Waals surface area contributed by atoms with Crippen LogP contribution in [0.2, 0.25) is 5.02 Å². The number of nitrogens with one attached hydrogen (secondary N) is 1. The number of anilines is 1. The smallest absolute Gasteiger partial charge is 0.262 e. The van der Waals surface area contributed by atoms with Crippen molar-refractivity contribution >= 4 is 57.7 Å². The van der Waals surface area contributed by atoms with E-state index in [4.69, 9.17) is 16.3 Å². The normalized spacial score (nSPS) is 10.8. The molecule has 0 heterocycles. The Morgan fingerprint density at radius 1 is 1.14 bits per heavy atom. The predicted octanol–water partition coefficient (Wildman–Crippen LogP) is 5.85. The van der Waals surface area contributed by atoms with Crippen LogP contribution in [0.25, 0.3) is 0 Å². The predicted molar refractivity (Wildman–Crippen MR) is 118 cm³/mol. The third-order valence-electron chi connectivity index (χ3n) is 3.67. The number of rotatable bonds is 6. The van der Waals surface area contributed by atoms with E-state index < -0.39 is 11.7 Å². The summed E-state index contributed by atoms with van der Waals surface area (Å²) in [4.78, 5) is 16.4. The molecule has 0 saturated carbocycles. The molecule has 1 amide bonds. The molecule has 0 fully saturated rings. The first-order chi connectivity index (χ1) is 13.5. The van der Waals surface area contributed by atoms with E-state index in [2.05, 4.69) is 32.9 Å². The highest BCUT2D eigenvalue weighted by molar-refractivity contribution is 14.1. The van der Waals surface area contributed by atoms with Gasteiger partial charge < -0.3 is 10.1 Å². The van der Waals surface area contributed by atoms with Crippen LogP contribution in [0.4, 0.5) is 15.8 Å². The second-order valence-corrected chi connectivity index (χ2v) is 7.29. The molecule has 1 N–H and O–H groups in total. The molecule has 0 unspecified atom stereocenters. The number of aliphatic imine (C=N–C) groups is 1. The Kier molecular flexibility index (Phi) is 7.00. The number of hydrogen-bond acceptors (Lipinski definition) is 3. The van der Waals surface area contributed by atoms with Gasteiger partial charge in [-0.2, -0.15) is 0 Å². The second kappa shape index (κ2) is 9.66. The molecule has 28 heavy (non-hydrogen) atoms. The van der Waals surface area contributed by atoms with Crippen molar-refractivity contribution in [3.63, 3.8) is 0 Å². The Morgan fingerprint density at radius 3 is 2.64 bits per heavy atom. The zero-order valence-corrected chi connectivity index (χ0v) is 17.4.